The van der Waals surface area contributed by atoms with Gasteiger partial charge >= 0.3 is 0 Å². The average molecular weight is 448 g/mol. The average Bonchev–Trinajstić information content (AvgIpc) is 2.71. The lowest BCUT2D eigenvalue weighted by Crippen LogP contribution is -2.27. The number of carbonyl (C=O) groups is 1. The standard InChI is InChI=1S/C21H19Cl2N3O2S/c1-2-10-24-19(27)13-29-21-25-18-6-4-3-5-16(18)20(28)26(21)11-9-14-7-8-15(22)12-17(14)23/h2-8,12H,1,9-11,13H2,(H,24,27). The molecule has 0 unspecified atom stereocenters. The minimum Gasteiger partial charge on any atom is -0.352 e. The van der Waals surface area contributed by atoms with E-state index < -0.39 is 0 Å². The zero-order chi connectivity index (χ0) is 20.8. The van der Waals surface area contributed by atoms with E-state index in [0.717, 1.165) is 5.56 Å². The molecule has 0 spiro atoms. The van der Waals surface area contributed by atoms with E-state index in [0.29, 0.717) is 45.6 Å². The van der Waals surface area contributed by atoms with Crippen LogP contribution in [0.5, 0.6) is 0 Å². The van der Waals surface area contributed by atoms with Gasteiger partial charge in [-0.05, 0) is 36.2 Å². The number of nitrogens with one attached hydrogen (secondary N) is 1. The SMILES string of the molecule is C=CCNC(=O)CSc1nc2ccccc2c(=O)n1CCc1ccc(Cl)cc1Cl. The van der Waals surface area contributed by atoms with Gasteiger partial charge in [0.25, 0.3) is 5.56 Å². The molecule has 0 atom stereocenters. The van der Waals surface area contributed by atoms with Gasteiger partial charge in [0.15, 0.2) is 5.16 Å². The molecule has 1 amide bonds. The molecule has 29 heavy (non-hydrogen) atoms. The van der Waals surface area contributed by atoms with E-state index in [2.05, 4.69) is 16.9 Å². The summed E-state index contributed by atoms with van der Waals surface area (Å²) in [6.07, 6.45) is 2.15. The summed E-state index contributed by atoms with van der Waals surface area (Å²) in [4.78, 5) is 29.6. The highest BCUT2D eigenvalue weighted by molar-refractivity contribution is 7.99. The Labute approximate surface area is 182 Å². The van der Waals surface area contributed by atoms with Gasteiger partial charge in [0.2, 0.25) is 5.91 Å². The number of halogens is 2. The van der Waals surface area contributed by atoms with Crippen LogP contribution >= 0.6 is 35.0 Å². The second kappa shape index (κ2) is 9.96. The molecule has 2 aromatic carbocycles. The maximum atomic E-state index is 13.1. The molecule has 0 radical (unpaired) electrons. The van der Waals surface area contributed by atoms with Crippen LogP contribution in [-0.4, -0.2) is 27.8 Å². The first-order valence-electron chi connectivity index (χ1n) is 8.93. The van der Waals surface area contributed by atoms with Crippen LogP contribution < -0.4 is 10.9 Å². The van der Waals surface area contributed by atoms with Gasteiger partial charge in [0.05, 0.1) is 16.7 Å². The molecule has 1 aromatic heterocycles. The summed E-state index contributed by atoms with van der Waals surface area (Å²) in [5.74, 6) is 0.00458. The Bertz CT molecular complexity index is 1110. The predicted octanol–water partition coefficient (Wildman–Crippen LogP) is 4.34. The van der Waals surface area contributed by atoms with E-state index in [1.165, 1.54) is 11.8 Å². The number of para-hydroxylation sites is 1. The zero-order valence-electron chi connectivity index (χ0n) is 15.5. The van der Waals surface area contributed by atoms with Gasteiger partial charge in [0, 0.05) is 23.1 Å². The molecular weight excluding hydrogens is 429 g/mol. The number of fused-ring (bicyclic) bond motifs is 1. The highest BCUT2D eigenvalue weighted by Crippen LogP contribution is 2.23. The lowest BCUT2D eigenvalue weighted by molar-refractivity contribution is -0.118. The Balaban J connectivity index is 1.90. The largest absolute Gasteiger partial charge is 0.352 e. The van der Waals surface area contributed by atoms with Crippen molar-refractivity contribution in [2.24, 2.45) is 0 Å². The fourth-order valence-corrected chi connectivity index (χ4v) is 4.14. The van der Waals surface area contributed by atoms with Gasteiger partial charge in [0.1, 0.15) is 0 Å². The van der Waals surface area contributed by atoms with Crippen molar-refractivity contribution in [1.29, 1.82) is 0 Å². The first-order chi connectivity index (χ1) is 14.0. The van der Waals surface area contributed by atoms with Gasteiger partial charge in [-0.1, -0.05) is 59.2 Å². The van der Waals surface area contributed by atoms with Gasteiger partial charge in [-0.15, -0.1) is 6.58 Å². The maximum absolute atomic E-state index is 13.1. The Morgan fingerprint density at radius 3 is 2.79 bits per heavy atom. The van der Waals surface area contributed by atoms with Crippen LogP contribution in [0.2, 0.25) is 10.0 Å². The monoisotopic (exact) mass is 447 g/mol. The summed E-state index contributed by atoms with van der Waals surface area (Å²) in [7, 11) is 0. The molecular formula is C21H19Cl2N3O2S. The number of thioether (sulfide) groups is 1. The molecule has 0 saturated heterocycles. The third-order valence-corrected chi connectivity index (χ3v) is 5.79. The lowest BCUT2D eigenvalue weighted by atomic mass is 10.1. The van der Waals surface area contributed by atoms with Crippen LogP contribution in [-0.2, 0) is 17.8 Å². The van der Waals surface area contributed by atoms with Crippen molar-refractivity contribution >= 4 is 51.8 Å². The second-order valence-electron chi connectivity index (χ2n) is 6.24. The van der Waals surface area contributed by atoms with E-state index in [1.54, 1.807) is 41.0 Å². The fourth-order valence-electron chi connectivity index (χ4n) is 2.78. The van der Waals surface area contributed by atoms with Crippen LogP contribution in [0, 0.1) is 0 Å². The van der Waals surface area contributed by atoms with Gasteiger partial charge in [-0.3, -0.25) is 14.2 Å². The molecule has 0 aliphatic heterocycles. The van der Waals surface area contributed by atoms with E-state index >= 15 is 0 Å². The maximum Gasteiger partial charge on any atom is 0.262 e. The molecule has 0 fully saturated rings. The van der Waals surface area contributed by atoms with E-state index in [1.807, 2.05) is 12.1 Å². The quantitative estimate of drug-likeness (QED) is 0.316. The summed E-state index contributed by atoms with van der Waals surface area (Å²) < 4.78 is 1.60. The van der Waals surface area contributed by atoms with Crippen molar-refractivity contribution in [2.75, 3.05) is 12.3 Å². The third kappa shape index (κ3) is 5.41. The summed E-state index contributed by atoms with van der Waals surface area (Å²) in [6.45, 7) is 4.36. The number of benzene rings is 2. The van der Waals surface area contributed by atoms with E-state index in [9.17, 15) is 9.59 Å². The third-order valence-electron chi connectivity index (χ3n) is 4.22. The molecule has 5 nitrogen and oxygen atoms in total. The van der Waals surface area contributed by atoms with Crippen molar-refractivity contribution in [3.63, 3.8) is 0 Å². The second-order valence-corrected chi connectivity index (χ2v) is 8.02. The first-order valence-corrected chi connectivity index (χ1v) is 10.7. The summed E-state index contributed by atoms with van der Waals surface area (Å²) >= 11 is 13.5. The summed E-state index contributed by atoms with van der Waals surface area (Å²) in [5, 5.41) is 4.87. The molecule has 8 heteroatoms. The molecule has 1 N–H and O–H groups in total. The number of amides is 1. The molecule has 0 aliphatic carbocycles. The number of carbonyl (C=O) groups excluding carboxylic acids is 1. The Morgan fingerprint density at radius 1 is 1.24 bits per heavy atom. The van der Waals surface area contributed by atoms with Crippen LogP contribution in [0.3, 0.4) is 0 Å². The molecule has 0 bridgehead atoms. The number of rotatable bonds is 8. The zero-order valence-corrected chi connectivity index (χ0v) is 17.9. The van der Waals surface area contributed by atoms with Gasteiger partial charge in [-0.2, -0.15) is 0 Å². The highest BCUT2D eigenvalue weighted by Gasteiger charge is 2.14. The number of nitrogens with zero attached hydrogens (tertiary/aromatic N) is 2. The predicted molar refractivity (Wildman–Crippen MR) is 120 cm³/mol. The Hall–Kier alpha value is -2.28. The van der Waals surface area contributed by atoms with Crippen LogP contribution in [0.1, 0.15) is 5.56 Å². The number of hydrogen-bond donors (Lipinski definition) is 1. The van der Waals surface area contributed by atoms with Crippen molar-refractivity contribution in [3.05, 3.63) is 81.1 Å². The number of aromatic nitrogens is 2. The van der Waals surface area contributed by atoms with Crippen LogP contribution in [0.4, 0.5) is 0 Å². The normalized spacial score (nSPS) is 10.8. The van der Waals surface area contributed by atoms with Crippen LogP contribution in [0.15, 0.2) is 65.1 Å². The molecule has 3 rings (SSSR count). The summed E-state index contributed by atoms with van der Waals surface area (Å²) in [6, 6.07) is 12.5. The fraction of sp³-hybridized carbons (Fsp3) is 0.190. The van der Waals surface area contributed by atoms with Crippen molar-refractivity contribution in [1.82, 2.24) is 14.9 Å². The Morgan fingerprint density at radius 2 is 2.03 bits per heavy atom. The number of aryl methyl sites for hydroxylation is 1. The minimum atomic E-state index is -0.149. The van der Waals surface area contributed by atoms with Gasteiger partial charge in [-0.25, -0.2) is 4.98 Å². The number of hydrogen-bond acceptors (Lipinski definition) is 4. The molecule has 1 heterocycles. The summed E-state index contributed by atoms with van der Waals surface area (Å²) in [5.41, 5.74) is 1.35. The van der Waals surface area contributed by atoms with Crippen molar-refractivity contribution in [2.45, 2.75) is 18.1 Å². The van der Waals surface area contributed by atoms with Gasteiger partial charge < -0.3 is 5.32 Å². The van der Waals surface area contributed by atoms with Crippen molar-refractivity contribution < 1.29 is 4.79 Å². The topological polar surface area (TPSA) is 64.0 Å². The molecule has 150 valence electrons. The molecule has 3 aromatic rings. The molecule has 0 saturated carbocycles. The first kappa shape index (κ1) is 21.4. The minimum absolute atomic E-state index is 0.144. The highest BCUT2D eigenvalue weighted by atomic mass is 35.5. The Kier molecular flexibility index (Phi) is 7.36. The van der Waals surface area contributed by atoms with Crippen molar-refractivity contribution in [3.8, 4) is 0 Å². The smallest absolute Gasteiger partial charge is 0.262 e. The lowest BCUT2D eigenvalue weighted by Gasteiger charge is -2.13. The van der Waals surface area contributed by atoms with E-state index in [-0.39, 0.29) is 17.2 Å². The molecule has 0 aliphatic rings. The van der Waals surface area contributed by atoms with Crippen LogP contribution in [0.25, 0.3) is 10.9 Å². The van der Waals surface area contributed by atoms with E-state index in [4.69, 9.17) is 23.2 Å².